The van der Waals surface area contributed by atoms with Gasteiger partial charge in [0.1, 0.15) is 0 Å². The van der Waals surface area contributed by atoms with Crippen molar-refractivity contribution in [3.63, 3.8) is 0 Å². The Morgan fingerprint density at radius 1 is 1.27 bits per heavy atom. The summed E-state index contributed by atoms with van der Waals surface area (Å²) in [6.07, 6.45) is 2.11. The van der Waals surface area contributed by atoms with Crippen LogP contribution in [-0.2, 0) is 14.8 Å². The molecule has 0 saturated carbocycles. The van der Waals surface area contributed by atoms with E-state index in [1.165, 1.54) is 4.31 Å². The topological polar surface area (TPSA) is 72.6 Å². The van der Waals surface area contributed by atoms with Crippen LogP contribution >= 0.6 is 0 Å². The predicted octanol–water partition coefficient (Wildman–Crippen LogP) is 0.0234. The molecule has 0 amide bonds. The summed E-state index contributed by atoms with van der Waals surface area (Å²) >= 11 is 0. The summed E-state index contributed by atoms with van der Waals surface area (Å²) in [7, 11) is 0.121. The average molecular weight is 238 g/mol. The lowest BCUT2D eigenvalue weighted by Crippen LogP contribution is -2.30. The maximum Gasteiger partial charge on any atom is 0.213 e. The molecule has 6 heteroatoms. The number of hydrogen-bond acceptors (Lipinski definition) is 4. The molecule has 5 nitrogen and oxygen atoms in total. The number of hydrogen-bond donors (Lipinski definition) is 1. The fraction of sp³-hybridized carbons (Fsp3) is 1.00. The lowest BCUT2D eigenvalue weighted by molar-refractivity contribution is 0.189. The summed E-state index contributed by atoms with van der Waals surface area (Å²) in [5, 5.41) is 0. The van der Waals surface area contributed by atoms with Gasteiger partial charge in [-0.3, -0.25) is 0 Å². The van der Waals surface area contributed by atoms with Crippen molar-refractivity contribution in [3.8, 4) is 0 Å². The summed E-state index contributed by atoms with van der Waals surface area (Å²) in [5.41, 5.74) is 5.31. The van der Waals surface area contributed by atoms with Crippen molar-refractivity contribution >= 4 is 10.0 Å². The molecule has 2 N–H and O–H groups in total. The van der Waals surface area contributed by atoms with E-state index >= 15 is 0 Å². The van der Waals surface area contributed by atoms with Crippen molar-refractivity contribution in [1.29, 1.82) is 0 Å². The number of rotatable bonds is 9. The van der Waals surface area contributed by atoms with Gasteiger partial charge in [-0.2, -0.15) is 0 Å². The highest BCUT2D eigenvalue weighted by atomic mass is 32.2. The molecule has 92 valence electrons. The van der Waals surface area contributed by atoms with Crippen LogP contribution < -0.4 is 5.73 Å². The van der Waals surface area contributed by atoms with Crippen LogP contribution in [0.15, 0.2) is 0 Å². The van der Waals surface area contributed by atoms with Crippen molar-refractivity contribution in [3.05, 3.63) is 0 Å². The second-order valence-electron chi connectivity index (χ2n) is 3.48. The zero-order chi connectivity index (χ0) is 11.7. The van der Waals surface area contributed by atoms with Crippen LogP contribution in [0.5, 0.6) is 0 Å². The minimum absolute atomic E-state index is 0.188. The molecule has 0 radical (unpaired) electrons. The van der Waals surface area contributed by atoms with Crippen LogP contribution in [0, 0.1) is 0 Å². The summed E-state index contributed by atoms with van der Waals surface area (Å²) < 4.78 is 29.5. The monoisotopic (exact) mass is 238 g/mol. The van der Waals surface area contributed by atoms with E-state index in [-0.39, 0.29) is 5.75 Å². The van der Waals surface area contributed by atoms with Crippen molar-refractivity contribution < 1.29 is 13.2 Å². The third-order valence-corrected chi connectivity index (χ3v) is 4.09. The number of unbranched alkanes of at least 4 members (excludes halogenated alkanes) is 1. The fourth-order valence-electron chi connectivity index (χ4n) is 1.16. The zero-order valence-corrected chi connectivity index (χ0v) is 10.4. The Kier molecular flexibility index (Phi) is 7.95. The molecule has 0 spiro atoms. The largest absolute Gasteiger partial charge is 0.385 e. The Labute approximate surface area is 92.6 Å². The highest BCUT2D eigenvalue weighted by Gasteiger charge is 2.16. The van der Waals surface area contributed by atoms with Crippen molar-refractivity contribution in [2.45, 2.75) is 19.3 Å². The van der Waals surface area contributed by atoms with E-state index in [0.29, 0.717) is 26.1 Å². The third kappa shape index (κ3) is 6.83. The van der Waals surface area contributed by atoms with Crippen LogP contribution in [0.2, 0.25) is 0 Å². The van der Waals surface area contributed by atoms with Gasteiger partial charge in [0.15, 0.2) is 0 Å². The first kappa shape index (κ1) is 14.8. The van der Waals surface area contributed by atoms with Gasteiger partial charge in [0.05, 0.1) is 5.75 Å². The molecule has 0 atom stereocenters. The molecule has 0 unspecified atom stereocenters. The molecule has 0 aliphatic rings. The maximum absolute atomic E-state index is 11.6. The van der Waals surface area contributed by atoms with Crippen molar-refractivity contribution in [2.75, 3.05) is 39.6 Å². The first-order chi connectivity index (χ1) is 7.04. The molecule has 0 aromatic carbocycles. The Balaban J connectivity index is 3.86. The van der Waals surface area contributed by atoms with E-state index in [9.17, 15) is 8.42 Å². The minimum Gasteiger partial charge on any atom is -0.385 e. The molecule has 0 rings (SSSR count). The molecule has 0 aromatic heterocycles. The Morgan fingerprint density at radius 3 is 2.47 bits per heavy atom. The molecular formula is C9H22N2O3S. The van der Waals surface area contributed by atoms with Gasteiger partial charge in [0.25, 0.3) is 0 Å². The zero-order valence-electron chi connectivity index (χ0n) is 9.61. The van der Waals surface area contributed by atoms with Gasteiger partial charge >= 0.3 is 0 Å². The highest BCUT2D eigenvalue weighted by Crippen LogP contribution is 2.03. The molecule has 0 aliphatic heterocycles. The molecule has 0 aliphatic carbocycles. The second-order valence-corrected chi connectivity index (χ2v) is 5.68. The van der Waals surface area contributed by atoms with Crippen LogP contribution in [0.1, 0.15) is 19.3 Å². The highest BCUT2D eigenvalue weighted by molar-refractivity contribution is 7.89. The molecule has 0 heterocycles. The smallest absolute Gasteiger partial charge is 0.213 e. The van der Waals surface area contributed by atoms with Crippen LogP contribution in [0.25, 0.3) is 0 Å². The predicted molar refractivity (Wildman–Crippen MR) is 61.2 cm³/mol. The van der Waals surface area contributed by atoms with Crippen molar-refractivity contribution in [1.82, 2.24) is 4.31 Å². The molecule has 0 bridgehead atoms. The fourth-order valence-corrected chi connectivity index (χ4v) is 2.44. The molecule has 0 fully saturated rings. The number of methoxy groups -OCH3 is 1. The molecule has 15 heavy (non-hydrogen) atoms. The van der Waals surface area contributed by atoms with E-state index in [1.54, 1.807) is 14.2 Å². The van der Waals surface area contributed by atoms with Gasteiger partial charge in [-0.1, -0.05) is 0 Å². The van der Waals surface area contributed by atoms with Gasteiger partial charge < -0.3 is 10.5 Å². The number of sulfonamides is 1. The van der Waals surface area contributed by atoms with Gasteiger partial charge in [-0.05, 0) is 25.8 Å². The number of nitrogens with two attached hydrogens (primary N) is 1. The van der Waals surface area contributed by atoms with Crippen LogP contribution in [0.4, 0.5) is 0 Å². The first-order valence-electron chi connectivity index (χ1n) is 5.17. The summed E-state index contributed by atoms with van der Waals surface area (Å²) in [6, 6.07) is 0. The number of nitrogens with zero attached hydrogens (tertiary/aromatic N) is 1. The van der Waals surface area contributed by atoms with Gasteiger partial charge in [-0.15, -0.1) is 0 Å². The SMILES string of the molecule is COCCCN(C)S(=O)(=O)CCCCN. The standard InChI is InChI=1S/C9H22N2O3S/c1-11(7-5-8-14-2)15(12,13)9-4-3-6-10/h3-10H2,1-2H3. The Morgan fingerprint density at radius 2 is 1.93 bits per heavy atom. The van der Waals surface area contributed by atoms with Crippen LogP contribution in [0.3, 0.4) is 0 Å². The third-order valence-electron chi connectivity index (χ3n) is 2.15. The van der Waals surface area contributed by atoms with E-state index in [2.05, 4.69) is 0 Å². The molecular weight excluding hydrogens is 216 g/mol. The van der Waals surface area contributed by atoms with E-state index in [0.717, 1.165) is 12.8 Å². The van der Waals surface area contributed by atoms with Crippen molar-refractivity contribution in [2.24, 2.45) is 5.73 Å². The summed E-state index contributed by atoms with van der Waals surface area (Å²) in [4.78, 5) is 0. The van der Waals surface area contributed by atoms with Gasteiger partial charge in [0, 0.05) is 27.3 Å². The van der Waals surface area contributed by atoms with Crippen LogP contribution in [-0.4, -0.2) is 52.3 Å². The summed E-state index contributed by atoms with van der Waals surface area (Å²) in [6.45, 7) is 1.64. The molecule has 0 saturated heterocycles. The van der Waals surface area contributed by atoms with E-state index in [1.807, 2.05) is 0 Å². The Bertz CT molecular complexity index is 242. The lowest BCUT2D eigenvalue weighted by Gasteiger charge is -2.16. The van der Waals surface area contributed by atoms with Gasteiger partial charge in [0.2, 0.25) is 10.0 Å². The average Bonchev–Trinajstić information content (AvgIpc) is 2.18. The Hall–Kier alpha value is -0.170. The minimum atomic E-state index is -3.09. The first-order valence-corrected chi connectivity index (χ1v) is 6.78. The number of ether oxygens (including phenoxy) is 1. The lowest BCUT2D eigenvalue weighted by atomic mass is 10.3. The second kappa shape index (κ2) is 8.04. The van der Waals surface area contributed by atoms with E-state index < -0.39 is 10.0 Å². The maximum atomic E-state index is 11.6. The summed E-state index contributed by atoms with van der Waals surface area (Å²) in [5.74, 6) is 0.188. The quantitative estimate of drug-likeness (QED) is 0.575. The van der Waals surface area contributed by atoms with E-state index in [4.69, 9.17) is 10.5 Å². The normalized spacial score (nSPS) is 12.3. The van der Waals surface area contributed by atoms with Gasteiger partial charge in [-0.25, -0.2) is 12.7 Å². The molecule has 0 aromatic rings.